The first-order chi connectivity index (χ1) is 10.9. The molecule has 0 amide bonds. The molecule has 2 atom stereocenters. The van der Waals surface area contributed by atoms with E-state index in [0.29, 0.717) is 0 Å². The highest BCUT2D eigenvalue weighted by Crippen LogP contribution is 2.28. The lowest BCUT2D eigenvalue weighted by atomic mass is 10.0. The summed E-state index contributed by atoms with van der Waals surface area (Å²) in [4.78, 5) is 6.95. The van der Waals surface area contributed by atoms with E-state index in [9.17, 15) is 0 Å². The standard InChI is InChI=1S/C18H26N4O/c1-14-10-21(11-17-19-13-20-22(17)18(2,3)4)16(12-23-14)15-8-6-5-7-9-15/h5-9,13-14,16H,10-12H2,1-4H3/t14-,16+/m0/s1. The van der Waals surface area contributed by atoms with Crippen molar-refractivity contribution >= 4 is 0 Å². The van der Waals surface area contributed by atoms with Gasteiger partial charge in [0.2, 0.25) is 0 Å². The molecule has 3 rings (SSSR count). The predicted molar refractivity (Wildman–Crippen MR) is 90.0 cm³/mol. The van der Waals surface area contributed by atoms with E-state index in [1.165, 1.54) is 5.56 Å². The zero-order valence-electron chi connectivity index (χ0n) is 14.4. The molecule has 0 unspecified atom stereocenters. The fourth-order valence-electron chi connectivity index (χ4n) is 3.14. The van der Waals surface area contributed by atoms with Crippen LogP contribution in [-0.4, -0.2) is 38.9 Å². The predicted octanol–water partition coefficient (Wildman–Crippen LogP) is 3.00. The summed E-state index contributed by atoms with van der Waals surface area (Å²) in [6.07, 6.45) is 1.89. The summed E-state index contributed by atoms with van der Waals surface area (Å²) in [5.74, 6) is 1.01. The van der Waals surface area contributed by atoms with Gasteiger partial charge in [-0.1, -0.05) is 30.3 Å². The zero-order valence-corrected chi connectivity index (χ0v) is 14.4. The number of hydrogen-bond donors (Lipinski definition) is 0. The van der Waals surface area contributed by atoms with E-state index < -0.39 is 0 Å². The lowest BCUT2D eigenvalue weighted by Crippen LogP contribution is -2.44. The third-order valence-electron chi connectivity index (χ3n) is 4.25. The molecule has 124 valence electrons. The average molecular weight is 314 g/mol. The minimum atomic E-state index is -0.0635. The highest BCUT2D eigenvalue weighted by atomic mass is 16.5. The van der Waals surface area contributed by atoms with Gasteiger partial charge in [0.1, 0.15) is 12.2 Å². The Morgan fingerprint density at radius 1 is 1.22 bits per heavy atom. The second kappa shape index (κ2) is 6.42. The Morgan fingerprint density at radius 3 is 2.65 bits per heavy atom. The van der Waals surface area contributed by atoms with E-state index in [-0.39, 0.29) is 17.7 Å². The molecule has 0 radical (unpaired) electrons. The van der Waals surface area contributed by atoms with E-state index in [0.717, 1.165) is 25.5 Å². The number of morpholine rings is 1. The van der Waals surface area contributed by atoms with Crippen molar-refractivity contribution in [1.82, 2.24) is 19.7 Å². The van der Waals surface area contributed by atoms with Crippen LogP contribution in [0, 0.1) is 0 Å². The zero-order chi connectivity index (χ0) is 16.4. The number of nitrogens with zero attached hydrogens (tertiary/aromatic N) is 4. The minimum absolute atomic E-state index is 0.0635. The molecule has 1 aromatic carbocycles. The van der Waals surface area contributed by atoms with E-state index in [4.69, 9.17) is 4.74 Å². The SMILES string of the molecule is C[C@H]1CN(Cc2ncnn2C(C)(C)C)[C@@H](c2ccccc2)CO1. The summed E-state index contributed by atoms with van der Waals surface area (Å²) >= 11 is 0. The summed E-state index contributed by atoms with van der Waals surface area (Å²) in [5.41, 5.74) is 1.23. The summed E-state index contributed by atoms with van der Waals surface area (Å²) < 4.78 is 7.93. The van der Waals surface area contributed by atoms with Crippen LogP contribution in [0.4, 0.5) is 0 Å². The fraction of sp³-hybridized carbons (Fsp3) is 0.556. The largest absolute Gasteiger partial charge is 0.375 e. The van der Waals surface area contributed by atoms with Crippen molar-refractivity contribution in [3.8, 4) is 0 Å². The van der Waals surface area contributed by atoms with Crippen LogP contribution in [0.15, 0.2) is 36.7 Å². The van der Waals surface area contributed by atoms with Gasteiger partial charge < -0.3 is 4.74 Å². The first-order valence-electron chi connectivity index (χ1n) is 8.25. The third-order valence-corrected chi connectivity index (χ3v) is 4.25. The maximum absolute atomic E-state index is 5.91. The molecule has 1 saturated heterocycles. The van der Waals surface area contributed by atoms with Crippen LogP contribution >= 0.6 is 0 Å². The van der Waals surface area contributed by atoms with Gasteiger partial charge in [0, 0.05) is 6.54 Å². The maximum atomic E-state index is 5.91. The van der Waals surface area contributed by atoms with E-state index in [2.05, 4.69) is 73.0 Å². The topological polar surface area (TPSA) is 43.2 Å². The van der Waals surface area contributed by atoms with Gasteiger partial charge in [0.25, 0.3) is 0 Å². The first kappa shape index (κ1) is 16.1. The molecule has 0 aliphatic carbocycles. The second-order valence-corrected chi connectivity index (χ2v) is 7.26. The highest BCUT2D eigenvalue weighted by Gasteiger charge is 2.30. The summed E-state index contributed by atoms with van der Waals surface area (Å²) in [6.45, 7) is 11.0. The van der Waals surface area contributed by atoms with Gasteiger partial charge in [-0.3, -0.25) is 4.90 Å². The molecule has 1 aliphatic rings. The Hall–Kier alpha value is -1.72. The first-order valence-corrected chi connectivity index (χ1v) is 8.25. The normalized spacial score (nSPS) is 23.1. The van der Waals surface area contributed by atoms with Crippen molar-refractivity contribution in [1.29, 1.82) is 0 Å². The molecular weight excluding hydrogens is 288 g/mol. The van der Waals surface area contributed by atoms with Crippen LogP contribution in [0.3, 0.4) is 0 Å². The fourth-order valence-corrected chi connectivity index (χ4v) is 3.14. The Morgan fingerprint density at radius 2 is 1.96 bits per heavy atom. The molecule has 2 heterocycles. The van der Waals surface area contributed by atoms with Crippen LogP contribution in [0.5, 0.6) is 0 Å². The van der Waals surface area contributed by atoms with Gasteiger partial charge in [-0.05, 0) is 33.3 Å². The quantitative estimate of drug-likeness (QED) is 0.873. The van der Waals surface area contributed by atoms with Gasteiger partial charge in [-0.25, -0.2) is 9.67 Å². The lowest BCUT2D eigenvalue weighted by molar-refractivity contribution is -0.0613. The van der Waals surface area contributed by atoms with Gasteiger partial charge in [-0.2, -0.15) is 5.10 Å². The molecule has 23 heavy (non-hydrogen) atoms. The van der Waals surface area contributed by atoms with Crippen LogP contribution in [0.1, 0.15) is 45.1 Å². The number of benzene rings is 1. The molecule has 0 bridgehead atoms. The van der Waals surface area contributed by atoms with E-state index in [1.54, 1.807) is 6.33 Å². The number of hydrogen-bond acceptors (Lipinski definition) is 4. The molecule has 2 aromatic rings. The summed E-state index contributed by atoms with van der Waals surface area (Å²) in [6, 6.07) is 10.8. The molecule has 1 aromatic heterocycles. The Kier molecular flexibility index (Phi) is 4.50. The maximum Gasteiger partial charge on any atom is 0.141 e. The van der Waals surface area contributed by atoms with Crippen LogP contribution in [0.25, 0.3) is 0 Å². The van der Waals surface area contributed by atoms with Crippen LogP contribution < -0.4 is 0 Å². The van der Waals surface area contributed by atoms with Crippen molar-refractivity contribution in [2.75, 3.05) is 13.2 Å². The van der Waals surface area contributed by atoms with Crippen molar-refractivity contribution in [2.24, 2.45) is 0 Å². The molecular formula is C18H26N4O. The van der Waals surface area contributed by atoms with Gasteiger partial charge >= 0.3 is 0 Å². The third kappa shape index (κ3) is 3.62. The number of ether oxygens (including phenoxy) is 1. The molecule has 0 N–H and O–H groups in total. The Bertz CT molecular complexity index is 632. The Balaban J connectivity index is 1.85. The lowest BCUT2D eigenvalue weighted by Gasteiger charge is -2.39. The molecule has 1 fully saturated rings. The van der Waals surface area contributed by atoms with Gasteiger partial charge in [0.15, 0.2) is 0 Å². The molecule has 5 heteroatoms. The monoisotopic (exact) mass is 314 g/mol. The van der Waals surface area contributed by atoms with Crippen molar-refractivity contribution in [3.05, 3.63) is 48.0 Å². The summed E-state index contributed by atoms with van der Waals surface area (Å²) in [7, 11) is 0. The second-order valence-electron chi connectivity index (χ2n) is 7.26. The number of rotatable bonds is 3. The van der Waals surface area contributed by atoms with Crippen molar-refractivity contribution in [3.63, 3.8) is 0 Å². The molecule has 0 saturated carbocycles. The van der Waals surface area contributed by atoms with Crippen molar-refractivity contribution in [2.45, 2.75) is 51.9 Å². The Labute approximate surface area is 138 Å². The molecule has 5 nitrogen and oxygen atoms in total. The summed E-state index contributed by atoms with van der Waals surface area (Å²) in [5, 5.41) is 4.42. The smallest absolute Gasteiger partial charge is 0.141 e. The highest BCUT2D eigenvalue weighted by molar-refractivity contribution is 5.20. The van der Waals surface area contributed by atoms with E-state index >= 15 is 0 Å². The van der Waals surface area contributed by atoms with Crippen LogP contribution in [0.2, 0.25) is 0 Å². The number of aromatic nitrogens is 3. The van der Waals surface area contributed by atoms with Gasteiger partial charge in [0.05, 0.1) is 30.8 Å². The minimum Gasteiger partial charge on any atom is -0.375 e. The van der Waals surface area contributed by atoms with Gasteiger partial charge in [-0.15, -0.1) is 0 Å². The van der Waals surface area contributed by atoms with E-state index in [1.807, 2.05) is 4.68 Å². The molecule has 0 spiro atoms. The molecule has 1 aliphatic heterocycles. The average Bonchev–Trinajstić information content (AvgIpc) is 2.97. The van der Waals surface area contributed by atoms with Crippen molar-refractivity contribution < 1.29 is 4.74 Å². The van der Waals surface area contributed by atoms with Crippen LogP contribution in [-0.2, 0) is 16.8 Å².